The van der Waals surface area contributed by atoms with E-state index in [4.69, 9.17) is 4.42 Å². The van der Waals surface area contributed by atoms with E-state index in [9.17, 15) is 0 Å². The fourth-order valence-electron chi connectivity index (χ4n) is 1.79. The van der Waals surface area contributed by atoms with Crippen molar-refractivity contribution in [3.63, 3.8) is 0 Å². The molecular weight excluding hydrogens is 220 g/mol. The molecule has 1 unspecified atom stereocenters. The molecule has 0 bridgehead atoms. The molecule has 2 aromatic rings. The van der Waals surface area contributed by atoms with Crippen LogP contribution in [0, 0.1) is 18.8 Å². The highest BCUT2D eigenvalue weighted by atomic mass is 16.3. The molecule has 0 aliphatic carbocycles. The van der Waals surface area contributed by atoms with Gasteiger partial charge in [-0.25, -0.2) is 0 Å². The normalized spacial score (nSPS) is 13.5. The van der Waals surface area contributed by atoms with Crippen LogP contribution in [0.25, 0.3) is 0 Å². The molecule has 0 fully saturated rings. The molecule has 0 aliphatic rings. The number of aryl methyl sites for hydroxylation is 1. The molecular formula is C17H18O. The van der Waals surface area contributed by atoms with Gasteiger partial charge in [0.1, 0.15) is 11.5 Å². The van der Waals surface area contributed by atoms with Crippen LogP contribution in [0.3, 0.4) is 0 Å². The highest BCUT2D eigenvalue weighted by molar-refractivity contribution is 5.39. The first-order chi connectivity index (χ1) is 8.64. The third-order valence-corrected chi connectivity index (χ3v) is 3.25. The van der Waals surface area contributed by atoms with Crippen molar-refractivity contribution in [2.45, 2.75) is 32.6 Å². The Kier molecular flexibility index (Phi) is 3.58. The summed E-state index contributed by atoms with van der Waals surface area (Å²) in [6.45, 7) is 6.23. The molecule has 18 heavy (non-hydrogen) atoms. The van der Waals surface area contributed by atoms with Crippen LogP contribution in [0.5, 0.6) is 0 Å². The lowest BCUT2D eigenvalue weighted by atomic mass is 9.85. The summed E-state index contributed by atoms with van der Waals surface area (Å²) in [5.74, 6) is 8.47. The third-order valence-electron chi connectivity index (χ3n) is 3.25. The van der Waals surface area contributed by atoms with Crippen LogP contribution in [0.2, 0.25) is 0 Å². The van der Waals surface area contributed by atoms with Gasteiger partial charge in [-0.3, -0.25) is 0 Å². The second-order valence-electron chi connectivity index (χ2n) is 4.71. The summed E-state index contributed by atoms with van der Waals surface area (Å²) in [6, 6.07) is 14.1. The molecule has 0 saturated carbocycles. The minimum absolute atomic E-state index is 0.218. The Morgan fingerprint density at radius 1 is 1.11 bits per heavy atom. The number of benzene rings is 1. The molecule has 1 heteroatoms. The largest absolute Gasteiger partial charge is 0.465 e. The monoisotopic (exact) mass is 238 g/mol. The van der Waals surface area contributed by atoms with E-state index in [1.54, 1.807) is 0 Å². The Morgan fingerprint density at radius 2 is 1.83 bits per heavy atom. The van der Waals surface area contributed by atoms with Crippen molar-refractivity contribution in [2.75, 3.05) is 0 Å². The molecule has 0 saturated heterocycles. The van der Waals surface area contributed by atoms with Gasteiger partial charge in [0.25, 0.3) is 0 Å². The van der Waals surface area contributed by atoms with Crippen LogP contribution in [-0.2, 0) is 5.41 Å². The van der Waals surface area contributed by atoms with E-state index in [-0.39, 0.29) is 5.41 Å². The number of furan rings is 1. The highest BCUT2D eigenvalue weighted by Gasteiger charge is 2.25. The smallest absolute Gasteiger partial charge is 0.121 e. The second-order valence-corrected chi connectivity index (χ2v) is 4.71. The van der Waals surface area contributed by atoms with E-state index < -0.39 is 0 Å². The van der Waals surface area contributed by atoms with Gasteiger partial charge in [-0.05, 0) is 44.5 Å². The van der Waals surface area contributed by atoms with Crippen molar-refractivity contribution in [2.24, 2.45) is 0 Å². The first-order valence-electron chi connectivity index (χ1n) is 6.29. The number of rotatable bonds is 2. The standard InChI is InChI=1S/C17H18O/c1-4-17(3,16-11-10-14(2)18-16)13-12-15-8-6-5-7-9-15/h5-11H,4H2,1-3H3. The zero-order valence-electron chi connectivity index (χ0n) is 11.2. The van der Waals surface area contributed by atoms with Gasteiger partial charge in [0.2, 0.25) is 0 Å². The summed E-state index contributed by atoms with van der Waals surface area (Å²) in [5, 5.41) is 0. The SMILES string of the molecule is CCC(C)(C#Cc1ccccc1)c1ccc(C)o1. The fraction of sp³-hybridized carbons (Fsp3) is 0.294. The van der Waals surface area contributed by atoms with Crippen LogP contribution >= 0.6 is 0 Å². The second kappa shape index (κ2) is 5.14. The van der Waals surface area contributed by atoms with Gasteiger partial charge in [-0.1, -0.05) is 37.0 Å². The first-order valence-corrected chi connectivity index (χ1v) is 6.29. The Hall–Kier alpha value is -1.94. The van der Waals surface area contributed by atoms with E-state index >= 15 is 0 Å². The molecule has 0 spiro atoms. The average molecular weight is 238 g/mol. The fourth-order valence-corrected chi connectivity index (χ4v) is 1.79. The summed E-state index contributed by atoms with van der Waals surface area (Å²) in [6.07, 6.45) is 0.930. The molecule has 0 radical (unpaired) electrons. The predicted molar refractivity (Wildman–Crippen MR) is 74.4 cm³/mol. The minimum atomic E-state index is -0.218. The maximum Gasteiger partial charge on any atom is 0.121 e. The van der Waals surface area contributed by atoms with Crippen molar-refractivity contribution in [1.29, 1.82) is 0 Å². The molecule has 1 atom stereocenters. The first kappa shape index (κ1) is 12.5. The zero-order chi connectivity index (χ0) is 13.0. The van der Waals surface area contributed by atoms with Crippen LogP contribution in [-0.4, -0.2) is 0 Å². The Balaban J connectivity index is 2.32. The van der Waals surface area contributed by atoms with Crippen molar-refractivity contribution in [1.82, 2.24) is 0 Å². The van der Waals surface area contributed by atoms with Gasteiger partial charge in [0.05, 0.1) is 5.41 Å². The summed E-state index contributed by atoms with van der Waals surface area (Å²) in [5.41, 5.74) is 0.824. The number of hydrogen-bond donors (Lipinski definition) is 0. The molecule has 92 valence electrons. The van der Waals surface area contributed by atoms with Gasteiger partial charge in [0, 0.05) is 5.56 Å². The summed E-state index contributed by atoms with van der Waals surface area (Å²) < 4.78 is 5.73. The quantitative estimate of drug-likeness (QED) is 0.711. The molecule has 0 aliphatic heterocycles. The highest BCUT2D eigenvalue weighted by Crippen LogP contribution is 2.28. The van der Waals surface area contributed by atoms with E-state index in [1.807, 2.05) is 49.4 Å². The van der Waals surface area contributed by atoms with E-state index in [0.717, 1.165) is 23.5 Å². The van der Waals surface area contributed by atoms with Crippen molar-refractivity contribution >= 4 is 0 Å². The molecule has 1 heterocycles. The third kappa shape index (κ3) is 2.65. The lowest BCUT2D eigenvalue weighted by Crippen LogP contribution is -2.17. The lowest BCUT2D eigenvalue weighted by Gasteiger charge is -2.18. The Labute approximate surface area is 109 Å². The molecule has 2 rings (SSSR count). The predicted octanol–water partition coefficient (Wildman–Crippen LogP) is 4.31. The van der Waals surface area contributed by atoms with Gasteiger partial charge < -0.3 is 4.42 Å². The van der Waals surface area contributed by atoms with Crippen molar-refractivity contribution < 1.29 is 4.42 Å². The average Bonchev–Trinajstić information content (AvgIpc) is 2.84. The van der Waals surface area contributed by atoms with Gasteiger partial charge in [-0.2, -0.15) is 0 Å². The summed E-state index contributed by atoms with van der Waals surface area (Å²) >= 11 is 0. The maximum atomic E-state index is 5.73. The molecule has 1 aromatic heterocycles. The number of hydrogen-bond acceptors (Lipinski definition) is 1. The van der Waals surface area contributed by atoms with Crippen LogP contribution in [0.4, 0.5) is 0 Å². The molecule has 0 amide bonds. The summed E-state index contributed by atoms with van der Waals surface area (Å²) in [4.78, 5) is 0. The summed E-state index contributed by atoms with van der Waals surface area (Å²) in [7, 11) is 0. The molecule has 0 N–H and O–H groups in total. The van der Waals surface area contributed by atoms with Crippen molar-refractivity contribution in [3.8, 4) is 11.8 Å². The minimum Gasteiger partial charge on any atom is -0.465 e. The Morgan fingerprint density at radius 3 is 2.39 bits per heavy atom. The van der Waals surface area contributed by atoms with Crippen LogP contribution < -0.4 is 0 Å². The van der Waals surface area contributed by atoms with Crippen molar-refractivity contribution in [3.05, 3.63) is 59.5 Å². The molecule has 1 nitrogen and oxygen atoms in total. The topological polar surface area (TPSA) is 13.1 Å². The van der Waals surface area contributed by atoms with Gasteiger partial charge in [-0.15, -0.1) is 0 Å². The van der Waals surface area contributed by atoms with Crippen LogP contribution in [0.1, 0.15) is 37.4 Å². The van der Waals surface area contributed by atoms with Gasteiger partial charge in [0.15, 0.2) is 0 Å². The van der Waals surface area contributed by atoms with Crippen LogP contribution in [0.15, 0.2) is 46.9 Å². The zero-order valence-corrected chi connectivity index (χ0v) is 11.2. The van der Waals surface area contributed by atoms with E-state index in [0.29, 0.717) is 0 Å². The maximum absolute atomic E-state index is 5.73. The Bertz CT molecular complexity index is 568. The van der Waals surface area contributed by atoms with Gasteiger partial charge >= 0.3 is 0 Å². The lowest BCUT2D eigenvalue weighted by molar-refractivity contribution is 0.404. The van der Waals surface area contributed by atoms with E-state index in [2.05, 4.69) is 25.7 Å². The van der Waals surface area contributed by atoms with E-state index in [1.165, 1.54) is 0 Å². The molecule has 1 aromatic carbocycles.